The van der Waals surface area contributed by atoms with Gasteiger partial charge in [0.15, 0.2) is 5.82 Å². The highest BCUT2D eigenvalue weighted by atomic mass is 19.1. The van der Waals surface area contributed by atoms with Gasteiger partial charge in [-0.25, -0.2) is 9.37 Å². The monoisotopic (exact) mass is 483 g/mol. The number of rotatable bonds is 4. The van der Waals surface area contributed by atoms with Crippen molar-refractivity contribution in [2.24, 2.45) is 5.41 Å². The molecule has 36 heavy (non-hydrogen) atoms. The van der Waals surface area contributed by atoms with E-state index in [1.807, 2.05) is 24.5 Å². The molecule has 2 aromatic carbocycles. The predicted molar refractivity (Wildman–Crippen MR) is 139 cm³/mol. The summed E-state index contributed by atoms with van der Waals surface area (Å²) >= 11 is 0. The molecule has 2 fully saturated rings. The molecule has 0 bridgehead atoms. The van der Waals surface area contributed by atoms with Gasteiger partial charge in [-0.3, -0.25) is 9.47 Å². The van der Waals surface area contributed by atoms with Crippen LogP contribution in [0, 0.1) is 11.2 Å². The number of halogens is 1. The molecule has 184 valence electrons. The van der Waals surface area contributed by atoms with E-state index in [4.69, 9.17) is 4.98 Å². The Morgan fingerprint density at radius 1 is 1.06 bits per heavy atom. The second-order valence-corrected chi connectivity index (χ2v) is 10.8. The summed E-state index contributed by atoms with van der Waals surface area (Å²) in [6.07, 6.45) is 7.24. The molecule has 0 amide bonds. The van der Waals surface area contributed by atoms with Gasteiger partial charge in [0.1, 0.15) is 5.82 Å². The van der Waals surface area contributed by atoms with Crippen molar-refractivity contribution in [3.8, 4) is 28.3 Å². The third-order valence-electron chi connectivity index (χ3n) is 8.38. The molecular weight excluding hydrogens is 453 g/mol. The number of hydrogen-bond acceptors (Lipinski definition) is 4. The number of aromatic nitrogens is 3. The minimum atomic E-state index is -0.224. The number of anilines is 1. The lowest BCUT2D eigenvalue weighted by Gasteiger charge is -2.50. The molecule has 5 heterocycles. The summed E-state index contributed by atoms with van der Waals surface area (Å²) in [7, 11) is 0. The normalized spacial score (nSPS) is 18.9. The molecule has 2 aromatic heterocycles. The molecule has 0 unspecified atom stereocenters. The molecule has 4 aromatic rings. The number of aliphatic hydroxyl groups is 1. The van der Waals surface area contributed by atoms with Crippen LogP contribution in [0.15, 0.2) is 67.1 Å². The smallest absolute Gasteiger partial charge is 0.161 e. The minimum absolute atomic E-state index is 0.224. The van der Waals surface area contributed by atoms with Crippen LogP contribution in [0.1, 0.15) is 18.9 Å². The number of imidazole rings is 1. The summed E-state index contributed by atoms with van der Waals surface area (Å²) in [4.78, 5) is 9.62. The quantitative estimate of drug-likeness (QED) is 0.412. The van der Waals surface area contributed by atoms with Crippen LogP contribution >= 0.6 is 0 Å². The molecule has 7 heteroatoms. The molecular formula is C29H30FN5O. The molecule has 1 atom stereocenters. The lowest BCUT2D eigenvalue weighted by atomic mass is 9.78. The van der Waals surface area contributed by atoms with Gasteiger partial charge in [-0.1, -0.05) is 12.1 Å². The largest absolute Gasteiger partial charge is 0.395 e. The second-order valence-electron chi connectivity index (χ2n) is 10.8. The summed E-state index contributed by atoms with van der Waals surface area (Å²) in [5.74, 6) is 0.695. The van der Waals surface area contributed by atoms with E-state index < -0.39 is 0 Å². The van der Waals surface area contributed by atoms with E-state index in [2.05, 4.69) is 56.3 Å². The molecule has 1 spiro atoms. The summed E-state index contributed by atoms with van der Waals surface area (Å²) in [5.41, 5.74) is 7.17. The maximum absolute atomic E-state index is 13.5. The number of nitrogens with zero attached hydrogens (tertiary/aromatic N) is 5. The fourth-order valence-corrected chi connectivity index (χ4v) is 6.29. The van der Waals surface area contributed by atoms with Gasteiger partial charge >= 0.3 is 0 Å². The van der Waals surface area contributed by atoms with Crippen molar-refractivity contribution in [3.05, 3.63) is 78.5 Å². The summed E-state index contributed by atoms with van der Waals surface area (Å²) in [6, 6.07) is 15.9. The van der Waals surface area contributed by atoms with Crippen molar-refractivity contribution in [1.82, 2.24) is 19.0 Å². The summed E-state index contributed by atoms with van der Waals surface area (Å²) in [5, 5.41) is 9.49. The van der Waals surface area contributed by atoms with Crippen LogP contribution in [-0.2, 0) is 6.54 Å². The zero-order valence-corrected chi connectivity index (χ0v) is 20.4. The number of benzene rings is 2. The predicted octanol–water partition coefficient (Wildman–Crippen LogP) is 4.40. The van der Waals surface area contributed by atoms with E-state index in [-0.39, 0.29) is 18.5 Å². The van der Waals surface area contributed by atoms with Crippen molar-refractivity contribution < 1.29 is 9.50 Å². The van der Waals surface area contributed by atoms with Gasteiger partial charge in [-0.2, -0.15) is 0 Å². The number of aliphatic hydroxyl groups excluding tert-OH is 1. The average Bonchev–Trinajstić information content (AvgIpc) is 3.60. The van der Waals surface area contributed by atoms with Crippen LogP contribution in [-0.4, -0.2) is 63.0 Å². The average molecular weight is 484 g/mol. The fourth-order valence-electron chi connectivity index (χ4n) is 6.29. The van der Waals surface area contributed by atoms with Crippen molar-refractivity contribution in [3.63, 3.8) is 0 Å². The standard InChI is InChI=1S/C29H30FN5O/c1-20(16-36)34-18-29(19-34)8-10-32(17-29)25-6-7-26-23(12-25)15-33-14-22(21-2-4-24(30)5-3-21)13-27(33)28-31-9-11-35(26)28/h2-7,9,11-14,20,36H,8,10,15-19H2,1H3/t20-/m0/s1. The highest BCUT2D eigenvalue weighted by Gasteiger charge is 2.48. The van der Waals surface area contributed by atoms with Gasteiger partial charge in [0.25, 0.3) is 0 Å². The zero-order valence-electron chi connectivity index (χ0n) is 20.4. The van der Waals surface area contributed by atoms with Crippen LogP contribution < -0.4 is 4.90 Å². The second kappa shape index (κ2) is 8.05. The van der Waals surface area contributed by atoms with Gasteiger partial charge in [0, 0.05) is 74.0 Å². The summed E-state index contributed by atoms with van der Waals surface area (Å²) in [6.45, 7) is 7.38. The molecule has 3 aliphatic heterocycles. The van der Waals surface area contributed by atoms with Crippen molar-refractivity contribution in [2.45, 2.75) is 25.9 Å². The lowest BCUT2D eigenvalue weighted by Crippen LogP contribution is -2.60. The Morgan fingerprint density at radius 2 is 1.89 bits per heavy atom. The number of hydrogen-bond donors (Lipinski definition) is 1. The third kappa shape index (κ3) is 3.41. The Bertz CT molecular complexity index is 1430. The van der Waals surface area contributed by atoms with Gasteiger partial charge in [-0.05, 0) is 60.9 Å². The van der Waals surface area contributed by atoms with Crippen LogP contribution in [0.4, 0.5) is 10.1 Å². The van der Waals surface area contributed by atoms with Crippen LogP contribution in [0.3, 0.4) is 0 Å². The first kappa shape index (κ1) is 21.8. The summed E-state index contributed by atoms with van der Waals surface area (Å²) < 4.78 is 17.9. The minimum Gasteiger partial charge on any atom is -0.395 e. The van der Waals surface area contributed by atoms with Crippen LogP contribution in [0.2, 0.25) is 0 Å². The van der Waals surface area contributed by atoms with Crippen molar-refractivity contribution >= 4 is 5.69 Å². The maximum atomic E-state index is 13.5. The number of fused-ring (bicyclic) bond motifs is 5. The first-order valence-electron chi connectivity index (χ1n) is 12.7. The Hall–Kier alpha value is -3.42. The Kier molecular flexibility index (Phi) is 4.88. The van der Waals surface area contributed by atoms with E-state index in [0.29, 0.717) is 5.41 Å². The van der Waals surface area contributed by atoms with Gasteiger partial charge in [-0.15, -0.1) is 0 Å². The molecule has 3 aliphatic rings. The molecule has 0 radical (unpaired) electrons. The Balaban J connectivity index is 1.20. The van der Waals surface area contributed by atoms with E-state index >= 15 is 0 Å². The lowest BCUT2D eigenvalue weighted by molar-refractivity contribution is -0.0268. The van der Waals surface area contributed by atoms with Crippen LogP contribution in [0.5, 0.6) is 0 Å². The number of likely N-dealkylation sites (tertiary alicyclic amines) is 1. The molecule has 1 N–H and O–H groups in total. The molecule has 0 aliphatic carbocycles. The van der Waals surface area contributed by atoms with E-state index in [1.54, 1.807) is 0 Å². The molecule has 2 saturated heterocycles. The topological polar surface area (TPSA) is 49.5 Å². The molecule has 0 saturated carbocycles. The Morgan fingerprint density at radius 3 is 2.69 bits per heavy atom. The van der Waals surface area contributed by atoms with Gasteiger partial charge in [0.2, 0.25) is 0 Å². The van der Waals surface area contributed by atoms with Crippen LogP contribution in [0.25, 0.3) is 28.3 Å². The fraction of sp³-hybridized carbons (Fsp3) is 0.345. The van der Waals surface area contributed by atoms with E-state index in [9.17, 15) is 9.50 Å². The zero-order chi connectivity index (χ0) is 24.4. The van der Waals surface area contributed by atoms with Crippen molar-refractivity contribution in [1.29, 1.82) is 0 Å². The van der Waals surface area contributed by atoms with Crippen molar-refractivity contribution in [2.75, 3.05) is 37.7 Å². The first-order valence-corrected chi connectivity index (χ1v) is 12.7. The SMILES string of the molecule is C[C@@H](CO)N1CC2(CCN(c3ccc4c(c3)Cn3cc(-c5ccc(F)cc5)cc3-c3nccn3-4)C2)C1. The van der Waals surface area contributed by atoms with E-state index in [1.165, 1.54) is 35.5 Å². The Labute approximate surface area is 210 Å². The van der Waals surface area contributed by atoms with Gasteiger partial charge in [0.05, 0.1) is 18.0 Å². The maximum Gasteiger partial charge on any atom is 0.161 e. The molecule has 7 rings (SSSR count). The van der Waals surface area contributed by atoms with Gasteiger partial charge < -0.3 is 14.6 Å². The highest BCUT2D eigenvalue weighted by Crippen LogP contribution is 2.43. The first-order chi connectivity index (χ1) is 17.5. The van der Waals surface area contributed by atoms with E-state index in [0.717, 1.165) is 55.4 Å². The third-order valence-corrected chi connectivity index (χ3v) is 8.38. The molecule has 6 nitrogen and oxygen atoms in total. The highest BCUT2D eigenvalue weighted by molar-refractivity contribution is 5.72.